The molecule has 0 spiro atoms. The van der Waals surface area contributed by atoms with Crippen molar-refractivity contribution in [1.29, 1.82) is 0 Å². The van der Waals surface area contributed by atoms with Gasteiger partial charge >= 0.3 is 0 Å². The fourth-order valence-corrected chi connectivity index (χ4v) is 1.71. The summed E-state index contributed by atoms with van der Waals surface area (Å²) in [6, 6.07) is 14.5. The van der Waals surface area contributed by atoms with Gasteiger partial charge in [0.2, 0.25) is 0 Å². The fraction of sp³-hybridized carbons (Fsp3) is 0.188. The van der Waals surface area contributed by atoms with Crippen molar-refractivity contribution in [3.63, 3.8) is 0 Å². The minimum absolute atomic E-state index is 0.0218. The van der Waals surface area contributed by atoms with Crippen molar-refractivity contribution in [2.45, 2.75) is 13.8 Å². The van der Waals surface area contributed by atoms with Crippen LogP contribution >= 0.6 is 0 Å². The van der Waals surface area contributed by atoms with Crippen LogP contribution in [0.25, 0.3) is 0 Å². The molecule has 0 atom stereocenters. The van der Waals surface area contributed by atoms with E-state index in [1.807, 2.05) is 37.3 Å². The van der Waals surface area contributed by atoms with E-state index in [1.54, 1.807) is 18.2 Å². The van der Waals surface area contributed by atoms with Crippen LogP contribution in [0.5, 0.6) is 17.2 Å². The average Bonchev–Trinajstić information content (AvgIpc) is 2.40. The molecular weight excluding hydrogens is 240 g/mol. The van der Waals surface area contributed by atoms with Crippen LogP contribution in [0.4, 0.5) is 0 Å². The van der Waals surface area contributed by atoms with Gasteiger partial charge in [-0.2, -0.15) is 0 Å². The summed E-state index contributed by atoms with van der Waals surface area (Å²) in [7, 11) is 0. The number of carbonyl (C=O) groups is 1. The Bertz CT molecular complexity index is 576. The maximum Gasteiger partial charge on any atom is 0.159 e. The van der Waals surface area contributed by atoms with E-state index in [0.29, 0.717) is 23.7 Å². The smallest absolute Gasteiger partial charge is 0.159 e. The summed E-state index contributed by atoms with van der Waals surface area (Å²) in [6.45, 7) is 4.09. The summed E-state index contributed by atoms with van der Waals surface area (Å²) in [5, 5.41) is 0. The molecule has 0 aliphatic heterocycles. The van der Waals surface area contributed by atoms with Crippen LogP contribution in [0.1, 0.15) is 24.2 Å². The van der Waals surface area contributed by atoms with Gasteiger partial charge in [-0.15, -0.1) is 0 Å². The quantitative estimate of drug-likeness (QED) is 0.756. The third-order valence-corrected chi connectivity index (χ3v) is 2.59. The Morgan fingerprint density at radius 2 is 1.63 bits per heavy atom. The largest absolute Gasteiger partial charge is 0.494 e. The zero-order chi connectivity index (χ0) is 13.7. The van der Waals surface area contributed by atoms with E-state index in [4.69, 9.17) is 9.47 Å². The fourth-order valence-electron chi connectivity index (χ4n) is 1.71. The summed E-state index contributed by atoms with van der Waals surface area (Å²) in [4.78, 5) is 11.3. The van der Waals surface area contributed by atoms with Gasteiger partial charge in [-0.25, -0.2) is 0 Å². The number of hydrogen-bond acceptors (Lipinski definition) is 3. The summed E-state index contributed by atoms with van der Waals surface area (Å²) < 4.78 is 11.1. The topological polar surface area (TPSA) is 35.5 Å². The molecule has 0 N–H and O–H groups in total. The van der Waals surface area contributed by atoms with E-state index in [2.05, 4.69) is 0 Å². The van der Waals surface area contributed by atoms with Crippen molar-refractivity contribution in [2.75, 3.05) is 6.61 Å². The van der Waals surface area contributed by atoms with Crippen LogP contribution in [0, 0.1) is 0 Å². The predicted molar refractivity (Wildman–Crippen MR) is 74.1 cm³/mol. The molecule has 0 amide bonds. The Morgan fingerprint density at radius 3 is 2.32 bits per heavy atom. The zero-order valence-corrected chi connectivity index (χ0v) is 11.1. The first-order valence-corrected chi connectivity index (χ1v) is 6.21. The molecule has 3 heteroatoms. The molecule has 0 aliphatic rings. The highest BCUT2D eigenvalue weighted by Crippen LogP contribution is 2.25. The molecule has 0 aromatic heterocycles. The Hall–Kier alpha value is -2.29. The lowest BCUT2D eigenvalue weighted by Gasteiger charge is -2.08. The van der Waals surface area contributed by atoms with E-state index in [9.17, 15) is 4.79 Å². The molecule has 0 unspecified atom stereocenters. The lowest BCUT2D eigenvalue weighted by molar-refractivity contribution is 0.101. The van der Waals surface area contributed by atoms with Gasteiger partial charge in [-0.1, -0.05) is 18.2 Å². The molecule has 0 saturated heterocycles. The Morgan fingerprint density at radius 1 is 1.00 bits per heavy atom. The van der Waals surface area contributed by atoms with Gasteiger partial charge in [0.25, 0.3) is 0 Å². The van der Waals surface area contributed by atoms with Crippen molar-refractivity contribution in [1.82, 2.24) is 0 Å². The van der Waals surface area contributed by atoms with Crippen LogP contribution in [0.3, 0.4) is 0 Å². The van der Waals surface area contributed by atoms with Crippen molar-refractivity contribution in [3.05, 3.63) is 54.1 Å². The first kappa shape index (κ1) is 13.1. The standard InChI is InChI=1S/C16H16O3/c1-3-18-14-7-5-9-16(11-14)19-15-8-4-6-13(10-15)12(2)17/h4-11H,3H2,1-2H3. The van der Waals surface area contributed by atoms with E-state index in [-0.39, 0.29) is 5.78 Å². The highest BCUT2D eigenvalue weighted by atomic mass is 16.5. The van der Waals surface area contributed by atoms with Gasteiger partial charge < -0.3 is 9.47 Å². The molecule has 2 rings (SSSR count). The number of carbonyl (C=O) groups excluding carboxylic acids is 1. The normalized spacial score (nSPS) is 10.0. The summed E-state index contributed by atoms with van der Waals surface area (Å²) >= 11 is 0. The molecule has 0 fully saturated rings. The van der Waals surface area contributed by atoms with Gasteiger partial charge in [0, 0.05) is 11.6 Å². The highest BCUT2D eigenvalue weighted by molar-refractivity contribution is 5.94. The van der Waals surface area contributed by atoms with E-state index in [1.165, 1.54) is 6.92 Å². The van der Waals surface area contributed by atoms with Crippen LogP contribution in [-0.4, -0.2) is 12.4 Å². The first-order valence-electron chi connectivity index (χ1n) is 6.21. The van der Waals surface area contributed by atoms with E-state index in [0.717, 1.165) is 5.75 Å². The van der Waals surface area contributed by atoms with Crippen LogP contribution in [0.2, 0.25) is 0 Å². The van der Waals surface area contributed by atoms with Gasteiger partial charge in [0.15, 0.2) is 5.78 Å². The molecule has 2 aromatic rings. The molecule has 0 heterocycles. The van der Waals surface area contributed by atoms with Crippen LogP contribution in [-0.2, 0) is 0 Å². The summed E-state index contributed by atoms with van der Waals surface area (Å²) in [6.07, 6.45) is 0. The second kappa shape index (κ2) is 6.05. The molecule has 0 saturated carbocycles. The Balaban J connectivity index is 2.18. The van der Waals surface area contributed by atoms with Crippen LogP contribution in [0.15, 0.2) is 48.5 Å². The molecule has 19 heavy (non-hydrogen) atoms. The SMILES string of the molecule is CCOc1cccc(Oc2cccc(C(C)=O)c2)c1. The maximum atomic E-state index is 11.3. The van der Waals surface area contributed by atoms with Crippen molar-refractivity contribution < 1.29 is 14.3 Å². The van der Waals surface area contributed by atoms with Crippen molar-refractivity contribution in [3.8, 4) is 17.2 Å². The van der Waals surface area contributed by atoms with E-state index >= 15 is 0 Å². The Kier molecular flexibility index (Phi) is 4.18. The second-order valence-electron chi connectivity index (χ2n) is 4.09. The van der Waals surface area contributed by atoms with Gasteiger partial charge in [-0.3, -0.25) is 4.79 Å². The molecule has 3 nitrogen and oxygen atoms in total. The molecule has 0 aliphatic carbocycles. The maximum absolute atomic E-state index is 11.3. The third kappa shape index (κ3) is 3.58. The minimum Gasteiger partial charge on any atom is -0.494 e. The number of benzene rings is 2. The molecule has 98 valence electrons. The van der Waals surface area contributed by atoms with Crippen molar-refractivity contribution in [2.24, 2.45) is 0 Å². The molecule has 0 radical (unpaired) electrons. The van der Waals surface area contributed by atoms with Gasteiger partial charge in [0.05, 0.1) is 6.61 Å². The zero-order valence-electron chi connectivity index (χ0n) is 11.1. The third-order valence-electron chi connectivity index (χ3n) is 2.59. The first-order chi connectivity index (χ1) is 9.19. The predicted octanol–water partition coefficient (Wildman–Crippen LogP) is 4.08. The number of hydrogen-bond donors (Lipinski definition) is 0. The summed E-state index contributed by atoms with van der Waals surface area (Å²) in [5.74, 6) is 2.12. The van der Waals surface area contributed by atoms with Gasteiger partial charge in [-0.05, 0) is 38.1 Å². The minimum atomic E-state index is 0.0218. The van der Waals surface area contributed by atoms with Crippen molar-refractivity contribution >= 4 is 5.78 Å². The second-order valence-corrected chi connectivity index (χ2v) is 4.09. The lowest BCUT2D eigenvalue weighted by Crippen LogP contribution is -1.94. The number of ether oxygens (including phenoxy) is 2. The highest BCUT2D eigenvalue weighted by Gasteiger charge is 2.03. The Labute approximate surface area is 112 Å². The molecule has 0 bridgehead atoms. The van der Waals surface area contributed by atoms with Gasteiger partial charge in [0.1, 0.15) is 17.2 Å². The number of Topliss-reactive ketones (excluding diaryl/α,β-unsaturated/α-hetero) is 1. The van der Waals surface area contributed by atoms with Crippen LogP contribution < -0.4 is 9.47 Å². The average molecular weight is 256 g/mol. The monoisotopic (exact) mass is 256 g/mol. The molecular formula is C16H16O3. The molecule has 2 aromatic carbocycles. The number of ketones is 1. The van der Waals surface area contributed by atoms with E-state index < -0.39 is 0 Å². The summed E-state index contributed by atoms with van der Waals surface area (Å²) in [5.41, 5.74) is 0.637. The number of rotatable bonds is 5. The lowest BCUT2D eigenvalue weighted by atomic mass is 10.1.